The molecule has 4 nitrogen and oxygen atoms in total. The van der Waals surface area contributed by atoms with Crippen LogP contribution in [-0.2, 0) is 19.1 Å². The van der Waals surface area contributed by atoms with Gasteiger partial charge in [-0.25, -0.2) is 9.59 Å². The lowest BCUT2D eigenvalue weighted by Gasteiger charge is -2.02. The van der Waals surface area contributed by atoms with E-state index in [0.29, 0.717) is 6.42 Å². The Labute approximate surface area is 112 Å². The van der Waals surface area contributed by atoms with Gasteiger partial charge in [-0.2, -0.15) is 0 Å². The van der Waals surface area contributed by atoms with Gasteiger partial charge in [0.25, 0.3) is 0 Å². The Morgan fingerprint density at radius 1 is 1.05 bits per heavy atom. The van der Waals surface area contributed by atoms with Crippen molar-refractivity contribution in [3.8, 4) is 0 Å². The molecule has 0 N–H and O–H groups in total. The SMILES string of the molecule is C=CC(=O)OCCCOC(=O)C=Cc1ccccc1. The first-order valence-electron chi connectivity index (χ1n) is 5.91. The topological polar surface area (TPSA) is 52.6 Å². The molecule has 0 aliphatic carbocycles. The van der Waals surface area contributed by atoms with Gasteiger partial charge >= 0.3 is 11.9 Å². The van der Waals surface area contributed by atoms with Gasteiger partial charge in [-0.1, -0.05) is 36.9 Å². The van der Waals surface area contributed by atoms with Crippen LogP contribution in [-0.4, -0.2) is 25.2 Å². The molecule has 0 bridgehead atoms. The third kappa shape index (κ3) is 6.83. The molecule has 0 saturated heterocycles. The summed E-state index contributed by atoms with van der Waals surface area (Å²) in [4.78, 5) is 22.0. The van der Waals surface area contributed by atoms with E-state index in [9.17, 15) is 9.59 Å². The summed E-state index contributed by atoms with van der Waals surface area (Å²) in [5.41, 5.74) is 0.930. The van der Waals surface area contributed by atoms with Crippen molar-refractivity contribution >= 4 is 18.0 Å². The van der Waals surface area contributed by atoms with E-state index in [2.05, 4.69) is 6.58 Å². The van der Waals surface area contributed by atoms with Crippen LogP contribution in [0.5, 0.6) is 0 Å². The van der Waals surface area contributed by atoms with Crippen LogP contribution >= 0.6 is 0 Å². The molecule has 0 heterocycles. The Morgan fingerprint density at radius 2 is 1.68 bits per heavy atom. The van der Waals surface area contributed by atoms with Gasteiger partial charge in [0.2, 0.25) is 0 Å². The molecule has 0 spiro atoms. The number of rotatable bonds is 7. The highest BCUT2D eigenvalue weighted by Gasteiger charge is 1.98. The van der Waals surface area contributed by atoms with E-state index in [1.807, 2.05) is 30.3 Å². The van der Waals surface area contributed by atoms with Gasteiger partial charge in [0.05, 0.1) is 13.2 Å². The summed E-state index contributed by atoms with van der Waals surface area (Å²) < 4.78 is 9.67. The predicted molar refractivity (Wildman–Crippen MR) is 72.2 cm³/mol. The first-order valence-corrected chi connectivity index (χ1v) is 5.91. The van der Waals surface area contributed by atoms with Crippen LogP contribution in [0.2, 0.25) is 0 Å². The van der Waals surface area contributed by atoms with Crippen LogP contribution in [0.15, 0.2) is 49.1 Å². The Balaban J connectivity index is 2.16. The molecule has 0 unspecified atom stereocenters. The van der Waals surface area contributed by atoms with Gasteiger partial charge in [0, 0.05) is 18.6 Å². The van der Waals surface area contributed by atoms with Gasteiger partial charge in [-0.15, -0.1) is 0 Å². The standard InChI is InChI=1S/C15H16O4/c1-2-14(16)18-11-6-12-19-15(17)10-9-13-7-4-3-5-8-13/h2-5,7-10H,1,6,11-12H2. The normalized spacial score (nSPS) is 10.1. The molecule has 19 heavy (non-hydrogen) atoms. The smallest absolute Gasteiger partial charge is 0.330 e. The highest BCUT2D eigenvalue weighted by atomic mass is 16.5. The average Bonchev–Trinajstić information content (AvgIpc) is 2.45. The Morgan fingerprint density at radius 3 is 2.32 bits per heavy atom. The highest BCUT2D eigenvalue weighted by molar-refractivity contribution is 5.87. The molecule has 0 atom stereocenters. The molecule has 4 heteroatoms. The third-order valence-corrected chi connectivity index (χ3v) is 2.16. The minimum atomic E-state index is -0.477. The van der Waals surface area contributed by atoms with E-state index in [4.69, 9.17) is 9.47 Å². The molecule has 0 fully saturated rings. The van der Waals surface area contributed by atoms with Crippen molar-refractivity contribution in [1.82, 2.24) is 0 Å². The zero-order valence-corrected chi connectivity index (χ0v) is 10.6. The molecular weight excluding hydrogens is 244 g/mol. The Bertz CT molecular complexity index is 448. The van der Waals surface area contributed by atoms with E-state index in [1.54, 1.807) is 6.08 Å². The lowest BCUT2D eigenvalue weighted by atomic mass is 10.2. The first-order chi connectivity index (χ1) is 9.22. The van der Waals surface area contributed by atoms with Crippen LogP contribution in [0.1, 0.15) is 12.0 Å². The number of esters is 2. The van der Waals surface area contributed by atoms with Crippen molar-refractivity contribution in [2.75, 3.05) is 13.2 Å². The quantitative estimate of drug-likeness (QED) is 0.429. The van der Waals surface area contributed by atoms with Gasteiger partial charge in [-0.05, 0) is 11.6 Å². The lowest BCUT2D eigenvalue weighted by molar-refractivity contribution is -0.140. The van der Waals surface area contributed by atoms with Crippen molar-refractivity contribution < 1.29 is 19.1 Å². The van der Waals surface area contributed by atoms with Crippen LogP contribution < -0.4 is 0 Å². The molecule has 0 aliphatic rings. The number of hydrogen-bond donors (Lipinski definition) is 0. The second kappa shape index (κ2) is 8.69. The van der Waals surface area contributed by atoms with Crippen molar-refractivity contribution in [2.24, 2.45) is 0 Å². The summed E-state index contributed by atoms with van der Waals surface area (Å²) in [5, 5.41) is 0. The summed E-state index contributed by atoms with van der Waals surface area (Å²) in [5.74, 6) is -0.894. The van der Waals surface area contributed by atoms with Gasteiger partial charge in [0.1, 0.15) is 0 Å². The molecule has 0 aliphatic heterocycles. The number of carbonyl (C=O) groups excluding carboxylic acids is 2. The first kappa shape index (κ1) is 14.7. The zero-order valence-electron chi connectivity index (χ0n) is 10.6. The van der Waals surface area contributed by atoms with Crippen LogP contribution in [0.4, 0.5) is 0 Å². The summed E-state index contributed by atoms with van der Waals surface area (Å²) in [6, 6.07) is 9.45. The maximum Gasteiger partial charge on any atom is 0.330 e. The molecule has 1 aromatic rings. The van der Waals surface area contributed by atoms with E-state index < -0.39 is 11.9 Å². The second-order valence-corrected chi connectivity index (χ2v) is 3.64. The Hall–Kier alpha value is -2.36. The fraction of sp³-hybridized carbons (Fsp3) is 0.200. The summed E-state index contributed by atoms with van der Waals surface area (Å²) in [6.07, 6.45) is 4.60. The van der Waals surface area contributed by atoms with Crippen molar-refractivity contribution in [3.05, 3.63) is 54.6 Å². The average molecular weight is 260 g/mol. The maximum absolute atomic E-state index is 11.3. The minimum Gasteiger partial charge on any atom is -0.462 e. The number of benzene rings is 1. The molecule has 100 valence electrons. The van der Waals surface area contributed by atoms with Crippen molar-refractivity contribution in [2.45, 2.75) is 6.42 Å². The van der Waals surface area contributed by atoms with E-state index >= 15 is 0 Å². The predicted octanol–water partition coefficient (Wildman–Crippen LogP) is 2.36. The number of carbonyl (C=O) groups is 2. The fourth-order valence-corrected chi connectivity index (χ4v) is 1.24. The monoisotopic (exact) mass is 260 g/mol. The maximum atomic E-state index is 11.3. The summed E-state index contributed by atoms with van der Waals surface area (Å²) in [6.45, 7) is 3.69. The lowest BCUT2D eigenvalue weighted by Crippen LogP contribution is -2.07. The van der Waals surface area contributed by atoms with Crippen LogP contribution in [0.3, 0.4) is 0 Å². The molecule has 0 radical (unpaired) electrons. The highest BCUT2D eigenvalue weighted by Crippen LogP contribution is 2.01. The van der Waals surface area contributed by atoms with E-state index in [0.717, 1.165) is 11.6 Å². The van der Waals surface area contributed by atoms with Gasteiger partial charge < -0.3 is 9.47 Å². The van der Waals surface area contributed by atoms with E-state index in [-0.39, 0.29) is 13.2 Å². The third-order valence-electron chi connectivity index (χ3n) is 2.16. The number of hydrogen-bond acceptors (Lipinski definition) is 4. The van der Waals surface area contributed by atoms with Crippen molar-refractivity contribution in [3.63, 3.8) is 0 Å². The molecule has 1 rings (SSSR count). The van der Waals surface area contributed by atoms with Crippen LogP contribution in [0.25, 0.3) is 6.08 Å². The zero-order chi connectivity index (χ0) is 13.9. The number of ether oxygens (including phenoxy) is 2. The largest absolute Gasteiger partial charge is 0.462 e. The summed E-state index contributed by atoms with van der Waals surface area (Å²) in [7, 11) is 0. The second-order valence-electron chi connectivity index (χ2n) is 3.64. The minimum absolute atomic E-state index is 0.209. The van der Waals surface area contributed by atoms with Gasteiger partial charge in [-0.3, -0.25) is 0 Å². The molecule has 0 saturated carbocycles. The Kier molecular flexibility index (Phi) is 6.72. The molecule has 1 aromatic carbocycles. The van der Waals surface area contributed by atoms with Crippen LogP contribution in [0, 0.1) is 0 Å². The molecule has 0 amide bonds. The molecule has 0 aromatic heterocycles. The fourth-order valence-electron chi connectivity index (χ4n) is 1.24. The van der Waals surface area contributed by atoms with E-state index in [1.165, 1.54) is 6.08 Å². The summed E-state index contributed by atoms with van der Waals surface area (Å²) >= 11 is 0. The van der Waals surface area contributed by atoms with Crippen molar-refractivity contribution in [1.29, 1.82) is 0 Å². The van der Waals surface area contributed by atoms with Gasteiger partial charge in [0.15, 0.2) is 0 Å². The molecular formula is C15H16O4.